The zero-order valence-electron chi connectivity index (χ0n) is 17.0. The van der Waals surface area contributed by atoms with Crippen LogP contribution >= 0.6 is 24.0 Å². The topological polar surface area (TPSA) is 50.8 Å². The number of carbonyl (C=O) groups is 1. The SMILES string of the molecule is COc1cc(CNCCCN2CCCC2=O)cc(Cl)c1OCc1ccccc1F.Cl. The third-order valence-electron chi connectivity index (χ3n) is 4.90. The van der Waals surface area contributed by atoms with Crippen molar-refractivity contribution in [2.45, 2.75) is 32.4 Å². The molecule has 1 saturated heterocycles. The summed E-state index contributed by atoms with van der Waals surface area (Å²) in [5.41, 5.74) is 1.41. The van der Waals surface area contributed by atoms with Gasteiger partial charge >= 0.3 is 0 Å². The monoisotopic (exact) mass is 456 g/mol. The van der Waals surface area contributed by atoms with Gasteiger partial charge in [-0.15, -0.1) is 12.4 Å². The van der Waals surface area contributed by atoms with Crippen molar-refractivity contribution in [1.29, 1.82) is 0 Å². The molecule has 0 aliphatic carbocycles. The molecule has 1 amide bonds. The van der Waals surface area contributed by atoms with Crippen LogP contribution in [0, 0.1) is 5.82 Å². The molecule has 30 heavy (non-hydrogen) atoms. The molecular formula is C22H27Cl2FN2O3. The lowest BCUT2D eigenvalue weighted by Gasteiger charge is -2.16. The van der Waals surface area contributed by atoms with Crippen LogP contribution in [0.25, 0.3) is 0 Å². The van der Waals surface area contributed by atoms with Crippen molar-refractivity contribution in [3.8, 4) is 11.5 Å². The summed E-state index contributed by atoms with van der Waals surface area (Å²) in [6.07, 6.45) is 2.55. The molecule has 2 aromatic carbocycles. The number of nitrogens with one attached hydrogen (secondary N) is 1. The van der Waals surface area contributed by atoms with E-state index in [2.05, 4.69) is 5.32 Å². The van der Waals surface area contributed by atoms with Gasteiger partial charge in [0.2, 0.25) is 5.91 Å². The van der Waals surface area contributed by atoms with Crippen molar-refractivity contribution in [3.05, 3.63) is 58.4 Å². The van der Waals surface area contributed by atoms with Crippen molar-refractivity contribution in [1.82, 2.24) is 10.2 Å². The molecule has 5 nitrogen and oxygen atoms in total. The van der Waals surface area contributed by atoms with E-state index in [0.29, 0.717) is 35.1 Å². The molecule has 1 N–H and O–H groups in total. The molecule has 0 unspecified atom stereocenters. The van der Waals surface area contributed by atoms with Gasteiger partial charge in [0.15, 0.2) is 11.5 Å². The van der Waals surface area contributed by atoms with E-state index >= 15 is 0 Å². The fourth-order valence-electron chi connectivity index (χ4n) is 3.35. The fourth-order valence-corrected chi connectivity index (χ4v) is 3.64. The minimum Gasteiger partial charge on any atom is -0.493 e. The molecule has 2 aromatic rings. The smallest absolute Gasteiger partial charge is 0.222 e. The molecule has 0 radical (unpaired) electrons. The third kappa shape index (κ3) is 6.49. The van der Waals surface area contributed by atoms with Crippen molar-refractivity contribution < 1.29 is 18.7 Å². The first kappa shape index (κ1) is 24.3. The van der Waals surface area contributed by atoms with Gasteiger partial charge in [-0.25, -0.2) is 4.39 Å². The van der Waals surface area contributed by atoms with E-state index in [-0.39, 0.29) is 30.7 Å². The maximum atomic E-state index is 13.8. The zero-order chi connectivity index (χ0) is 20.6. The molecule has 3 rings (SSSR count). The number of rotatable bonds is 10. The third-order valence-corrected chi connectivity index (χ3v) is 5.18. The Hall–Kier alpha value is -2.02. The summed E-state index contributed by atoms with van der Waals surface area (Å²) in [6.45, 7) is 3.15. The second-order valence-electron chi connectivity index (χ2n) is 7.00. The molecule has 1 aliphatic heterocycles. The van der Waals surface area contributed by atoms with E-state index in [0.717, 1.165) is 38.0 Å². The number of nitrogens with zero attached hydrogens (tertiary/aromatic N) is 1. The summed E-state index contributed by atoms with van der Waals surface area (Å²) >= 11 is 6.39. The summed E-state index contributed by atoms with van der Waals surface area (Å²) in [5.74, 6) is 0.841. The van der Waals surface area contributed by atoms with Crippen LogP contribution in [0.1, 0.15) is 30.4 Å². The van der Waals surface area contributed by atoms with Gasteiger partial charge in [-0.3, -0.25) is 4.79 Å². The van der Waals surface area contributed by atoms with Gasteiger partial charge in [0.1, 0.15) is 12.4 Å². The number of halogens is 3. The molecule has 1 heterocycles. The van der Waals surface area contributed by atoms with Crippen LogP contribution in [0.15, 0.2) is 36.4 Å². The quantitative estimate of drug-likeness (QED) is 0.531. The standard InChI is InChI=1S/C22H26ClFN2O3.ClH/c1-28-20-13-16(14-25-9-5-11-26-10-4-8-21(26)27)12-18(23)22(20)29-15-17-6-2-3-7-19(17)24;/h2-3,6-7,12-13,25H,4-5,8-11,14-15H2,1H3;1H. The molecule has 1 fully saturated rings. The molecule has 0 aromatic heterocycles. The summed E-state index contributed by atoms with van der Waals surface area (Å²) < 4.78 is 24.9. The van der Waals surface area contributed by atoms with Crippen LogP contribution < -0.4 is 14.8 Å². The minimum absolute atomic E-state index is 0. The van der Waals surface area contributed by atoms with E-state index in [1.54, 1.807) is 25.3 Å². The van der Waals surface area contributed by atoms with Gasteiger partial charge in [-0.1, -0.05) is 29.8 Å². The predicted molar refractivity (Wildman–Crippen MR) is 118 cm³/mol. The molecule has 0 saturated carbocycles. The van der Waals surface area contributed by atoms with Crippen molar-refractivity contribution >= 4 is 29.9 Å². The Bertz CT molecular complexity index is 851. The van der Waals surface area contributed by atoms with E-state index in [9.17, 15) is 9.18 Å². The lowest BCUT2D eigenvalue weighted by Crippen LogP contribution is -2.28. The number of carbonyl (C=O) groups excluding carboxylic acids is 1. The first-order chi connectivity index (χ1) is 14.1. The van der Waals surface area contributed by atoms with Gasteiger partial charge in [0.05, 0.1) is 12.1 Å². The Balaban J connectivity index is 0.00000320. The van der Waals surface area contributed by atoms with E-state index in [1.807, 2.05) is 17.0 Å². The Labute approximate surface area is 187 Å². The maximum Gasteiger partial charge on any atom is 0.222 e. The predicted octanol–water partition coefficient (Wildman–Crippen LogP) is 4.59. The minimum atomic E-state index is -0.320. The Morgan fingerprint density at radius 3 is 2.77 bits per heavy atom. The lowest BCUT2D eigenvalue weighted by atomic mass is 10.2. The normalized spacial score (nSPS) is 13.3. The van der Waals surface area contributed by atoms with E-state index < -0.39 is 0 Å². The highest BCUT2D eigenvalue weighted by molar-refractivity contribution is 6.32. The van der Waals surface area contributed by atoms with Crippen LogP contribution in [-0.4, -0.2) is 37.6 Å². The summed E-state index contributed by atoms with van der Waals surface area (Å²) in [4.78, 5) is 13.5. The fraction of sp³-hybridized carbons (Fsp3) is 0.409. The zero-order valence-corrected chi connectivity index (χ0v) is 18.5. The van der Waals surface area contributed by atoms with Crippen molar-refractivity contribution in [3.63, 3.8) is 0 Å². The van der Waals surface area contributed by atoms with Gasteiger partial charge in [0, 0.05) is 31.6 Å². The van der Waals surface area contributed by atoms with Crippen LogP contribution in [0.3, 0.4) is 0 Å². The largest absolute Gasteiger partial charge is 0.493 e. The molecular weight excluding hydrogens is 430 g/mol. The van der Waals surface area contributed by atoms with Gasteiger partial charge < -0.3 is 19.7 Å². The number of amides is 1. The number of hydrogen-bond donors (Lipinski definition) is 1. The van der Waals surface area contributed by atoms with Gasteiger partial charge in [-0.2, -0.15) is 0 Å². The van der Waals surface area contributed by atoms with Crippen LogP contribution in [-0.2, 0) is 17.9 Å². The second-order valence-corrected chi connectivity index (χ2v) is 7.41. The van der Waals surface area contributed by atoms with Crippen molar-refractivity contribution in [2.24, 2.45) is 0 Å². The number of ether oxygens (including phenoxy) is 2. The molecule has 0 atom stereocenters. The number of hydrogen-bond acceptors (Lipinski definition) is 4. The number of benzene rings is 2. The molecule has 164 valence electrons. The summed E-state index contributed by atoms with van der Waals surface area (Å²) in [5, 5.41) is 3.78. The Morgan fingerprint density at radius 1 is 1.27 bits per heavy atom. The highest BCUT2D eigenvalue weighted by atomic mass is 35.5. The van der Waals surface area contributed by atoms with Gasteiger partial charge in [0.25, 0.3) is 0 Å². The second kappa shape index (κ2) is 12.0. The highest BCUT2D eigenvalue weighted by Gasteiger charge is 2.19. The first-order valence-electron chi connectivity index (χ1n) is 9.79. The average Bonchev–Trinajstić information content (AvgIpc) is 3.12. The van der Waals surface area contributed by atoms with Crippen LogP contribution in [0.4, 0.5) is 4.39 Å². The molecule has 1 aliphatic rings. The maximum absolute atomic E-state index is 13.8. The van der Waals surface area contributed by atoms with E-state index in [4.69, 9.17) is 21.1 Å². The number of methoxy groups -OCH3 is 1. The highest BCUT2D eigenvalue weighted by Crippen LogP contribution is 2.37. The molecule has 8 heteroatoms. The Morgan fingerprint density at radius 2 is 2.07 bits per heavy atom. The van der Waals surface area contributed by atoms with Crippen molar-refractivity contribution in [2.75, 3.05) is 26.7 Å². The Kier molecular flexibility index (Phi) is 9.69. The average molecular weight is 457 g/mol. The van der Waals surface area contributed by atoms with Gasteiger partial charge in [-0.05, 0) is 43.1 Å². The molecule has 0 spiro atoms. The number of likely N-dealkylation sites (tertiary alicyclic amines) is 1. The van der Waals surface area contributed by atoms with Crippen LogP contribution in [0.5, 0.6) is 11.5 Å². The van der Waals surface area contributed by atoms with E-state index in [1.165, 1.54) is 6.07 Å². The summed E-state index contributed by atoms with van der Waals surface area (Å²) in [6, 6.07) is 10.1. The first-order valence-corrected chi connectivity index (χ1v) is 10.2. The lowest BCUT2D eigenvalue weighted by molar-refractivity contribution is -0.127. The van der Waals surface area contributed by atoms with Crippen LogP contribution in [0.2, 0.25) is 5.02 Å². The summed E-state index contributed by atoms with van der Waals surface area (Å²) in [7, 11) is 1.55. The molecule has 0 bridgehead atoms.